The van der Waals surface area contributed by atoms with E-state index in [0.717, 1.165) is 12.1 Å². The number of nitrogens with zero attached hydrogens (tertiary/aromatic N) is 3. The summed E-state index contributed by atoms with van der Waals surface area (Å²) < 4.78 is 77.9. The van der Waals surface area contributed by atoms with Gasteiger partial charge in [0, 0.05) is 29.8 Å². The van der Waals surface area contributed by atoms with E-state index in [1.165, 1.54) is 25.4 Å². The maximum Gasteiger partial charge on any atom is 0.425 e. The Morgan fingerprint density at radius 1 is 1.28 bits per heavy atom. The topological polar surface area (TPSA) is 93.5 Å². The number of aromatic nitrogens is 1. The van der Waals surface area contributed by atoms with Crippen molar-refractivity contribution in [3.05, 3.63) is 58.7 Å². The normalized spacial score (nSPS) is 20.3. The van der Waals surface area contributed by atoms with Crippen LogP contribution in [0, 0.1) is 29.0 Å². The van der Waals surface area contributed by atoms with Crippen LogP contribution in [0.5, 0.6) is 5.75 Å². The minimum absolute atomic E-state index is 0.159. The summed E-state index contributed by atoms with van der Waals surface area (Å²) in [7, 11) is 1.36. The van der Waals surface area contributed by atoms with Gasteiger partial charge >= 0.3 is 6.18 Å². The number of nitrogens with two attached hydrogens (primary N) is 1. The van der Waals surface area contributed by atoms with Crippen LogP contribution in [0.4, 0.5) is 22.0 Å². The van der Waals surface area contributed by atoms with Gasteiger partial charge in [-0.1, -0.05) is 5.92 Å². The van der Waals surface area contributed by atoms with E-state index in [9.17, 15) is 22.0 Å². The zero-order valence-electron chi connectivity index (χ0n) is 16.5. The highest BCUT2D eigenvalue weighted by molar-refractivity contribution is 5.73. The molecule has 11 heteroatoms. The van der Waals surface area contributed by atoms with E-state index in [1.807, 2.05) is 6.07 Å². The van der Waals surface area contributed by atoms with Crippen LogP contribution in [0.25, 0.3) is 0 Å². The smallest absolute Gasteiger partial charge is 0.425 e. The number of amidine groups is 1. The molecule has 1 aromatic heterocycles. The Kier molecular flexibility index (Phi) is 6.21. The molecule has 2 N–H and O–H groups in total. The molecule has 0 fully saturated rings. The Morgan fingerprint density at radius 2 is 2.03 bits per heavy atom. The lowest BCUT2D eigenvalue weighted by atomic mass is 9.84. The average molecular weight is 450 g/mol. The standard InChI is InChI=1S/C21H15F5N4O2/c1-31-17-7-13(9-27)10-29-16(17)5-3-12-2-4-15(23)14(6-12)20(11-22)8-18(21(24,25)26)32-19(28)30-20/h2,4,6-7,10,18H,8,11H2,1H3,(H2,28,30)/t18-,20+/m0/s1. The van der Waals surface area contributed by atoms with Gasteiger partial charge in [0.2, 0.25) is 0 Å². The number of hydrogen-bond donors (Lipinski definition) is 1. The minimum atomic E-state index is -4.85. The fourth-order valence-electron chi connectivity index (χ4n) is 3.13. The van der Waals surface area contributed by atoms with Crippen LogP contribution in [-0.2, 0) is 10.3 Å². The molecule has 0 spiro atoms. The van der Waals surface area contributed by atoms with Gasteiger partial charge in [-0.15, -0.1) is 0 Å². The highest BCUT2D eigenvalue weighted by Crippen LogP contribution is 2.41. The van der Waals surface area contributed by atoms with Crippen LogP contribution in [0.1, 0.15) is 28.8 Å². The quantitative estimate of drug-likeness (QED) is 0.572. The zero-order valence-corrected chi connectivity index (χ0v) is 16.5. The van der Waals surface area contributed by atoms with Crippen molar-refractivity contribution in [2.24, 2.45) is 10.7 Å². The molecule has 6 nitrogen and oxygen atoms in total. The molecule has 1 aliphatic rings. The highest BCUT2D eigenvalue weighted by atomic mass is 19.4. The molecular weight excluding hydrogens is 435 g/mol. The first-order chi connectivity index (χ1) is 15.1. The maximum absolute atomic E-state index is 14.6. The number of pyridine rings is 1. The molecule has 1 aromatic carbocycles. The maximum atomic E-state index is 14.6. The largest absolute Gasteiger partial charge is 0.494 e. The summed E-state index contributed by atoms with van der Waals surface area (Å²) in [6.07, 6.45) is -7.02. The Hall–Kier alpha value is -3.86. The van der Waals surface area contributed by atoms with Crippen molar-refractivity contribution in [2.45, 2.75) is 24.2 Å². The summed E-state index contributed by atoms with van der Waals surface area (Å²) in [5.74, 6) is 4.60. The number of benzene rings is 1. The van der Waals surface area contributed by atoms with Crippen molar-refractivity contribution in [2.75, 3.05) is 13.8 Å². The fraction of sp³-hybridized carbons (Fsp3) is 0.286. The van der Waals surface area contributed by atoms with Crippen LogP contribution in [0.2, 0.25) is 0 Å². The van der Waals surface area contributed by atoms with Crippen molar-refractivity contribution in [3.63, 3.8) is 0 Å². The summed E-state index contributed by atoms with van der Waals surface area (Å²) >= 11 is 0. The molecular formula is C21H15F5N4O2. The molecule has 32 heavy (non-hydrogen) atoms. The first-order valence-corrected chi connectivity index (χ1v) is 9.02. The number of halogens is 5. The molecule has 0 radical (unpaired) electrons. The SMILES string of the molecule is COc1cc(C#N)cnc1C#Cc1ccc(F)c([C@]2(CF)C[C@@H](C(F)(F)F)OC(N)=N2)c1. The summed E-state index contributed by atoms with van der Waals surface area (Å²) in [6.45, 7) is -1.44. The fourth-order valence-corrected chi connectivity index (χ4v) is 3.13. The number of rotatable bonds is 3. The van der Waals surface area contributed by atoms with E-state index in [2.05, 4.69) is 26.6 Å². The van der Waals surface area contributed by atoms with E-state index in [0.29, 0.717) is 0 Å². The van der Waals surface area contributed by atoms with Gasteiger partial charge in [-0.25, -0.2) is 18.8 Å². The summed E-state index contributed by atoms with van der Waals surface area (Å²) in [6, 6.07) is 5.75. The first kappa shape index (κ1) is 22.8. The van der Waals surface area contributed by atoms with Crippen molar-refractivity contribution in [1.29, 1.82) is 5.26 Å². The molecule has 2 aromatic rings. The molecule has 166 valence electrons. The third-order valence-electron chi connectivity index (χ3n) is 4.69. The Bertz CT molecular complexity index is 1160. The Balaban J connectivity index is 2.04. The number of ether oxygens (including phenoxy) is 2. The first-order valence-electron chi connectivity index (χ1n) is 9.02. The second-order valence-corrected chi connectivity index (χ2v) is 6.80. The van der Waals surface area contributed by atoms with Gasteiger partial charge in [-0.2, -0.15) is 18.4 Å². The number of nitriles is 1. The lowest BCUT2D eigenvalue weighted by Gasteiger charge is -2.36. The van der Waals surface area contributed by atoms with E-state index in [4.69, 9.17) is 15.7 Å². The molecule has 0 saturated heterocycles. The molecule has 2 atom stereocenters. The van der Waals surface area contributed by atoms with Crippen molar-refractivity contribution >= 4 is 6.02 Å². The molecule has 0 saturated carbocycles. The van der Waals surface area contributed by atoms with Crippen LogP contribution in [0.15, 0.2) is 35.5 Å². The molecule has 0 aliphatic carbocycles. The van der Waals surface area contributed by atoms with Gasteiger partial charge in [-0.3, -0.25) is 0 Å². The predicted octanol–water partition coefficient (Wildman–Crippen LogP) is 3.33. The van der Waals surface area contributed by atoms with E-state index in [-0.39, 0.29) is 22.6 Å². The highest BCUT2D eigenvalue weighted by Gasteiger charge is 2.52. The second-order valence-electron chi connectivity index (χ2n) is 6.80. The number of hydrogen-bond acceptors (Lipinski definition) is 6. The summed E-state index contributed by atoms with van der Waals surface area (Å²) in [5.41, 5.74) is 3.26. The van der Waals surface area contributed by atoms with E-state index >= 15 is 0 Å². The van der Waals surface area contributed by atoms with Crippen LogP contribution in [-0.4, -0.2) is 37.1 Å². The van der Waals surface area contributed by atoms with Crippen molar-refractivity contribution in [3.8, 4) is 23.7 Å². The average Bonchev–Trinajstić information content (AvgIpc) is 2.77. The predicted molar refractivity (Wildman–Crippen MR) is 103 cm³/mol. The molecule has 0 bridgehead atoms. The van der Waals surface area contributed by atoms with Crippen LogP contribution < -0.4 is 10.5 Å². The Morgan fingerprint density at radius 3 is 2.66 bits per heavy atom. The summed E-state index contributed by atoms with van der Waals surface area (Å²) in [4.78, 5) is 7.69. The van der Waals surface area contributed by atoms with Gasteiger partial charge in [0.15, 0.2) is 17.5 Å². The minimum Gasteiger partial charge on any atom is -0.494 e. The molecule has 3 rings (SSSR count). The van der Waals surface area contributed by atoms with E-state index < -0.39 is 48.3 Å². The molecule has 0 unspecified atom stereocenters. The van der Waals surface area contributed by atoms with Crippen molar-refractivity contribution in [1.82, 2.24) is 4.98 Å². The van der Waals surface area contributed by atoms with E-state index in [1.54, 1.807) is 0 Å². The Labute approximate surface area is 179 Å². The number of alkyl halides is 4. The molecule has 1 aliphatic heterocycles. The van der Waals surface area contributed by atoms with Crippen molar-refractivity contribution < 1.29 is 31.4 Å². The number of methoxy groups -OCH3 is 1. The molecule has 2 heterocycles. The van der Waals surface area contributed by atoms with Gasteiger partial charge in [-0.05, 0) is 24.1 Å². The van der Waals surface area contributed by atoms with Crippen LogP contribution >= 0.6 is 0 Å². The number of aliphatic imine (C=N–C) groups is 1. The van der Waals surface area contributed by atoms with Gasteiger partial charge < -0.3 is 15.2 Å². The van der Waals surface area contributed by atoms with Gasteiger partial charge in [0.25, 0.3) is 6.02 Å². The van der Waals surface area contributed by atoms with Gasteiger partial charge in [0.1, 0.15) is 24.1 Å². The zero-order chi connectivity index (χ0) is 23.5. The van der Waals surface area contributed by atoms with Crippen LogP contribution in [0.3, 0.4) is 0 Å². The molecule has 0 amide bonds. The third kappa shape index (κ3) is 4.57. The lowest BCUT2D eigenvalue weighted by molar-refractivity contribution is -0.209. The third-order valence-corrected chi connectivity index (χ3v) is 4.69. The second kappa shape index (κ2) is 8.71. The lowest BCUT2D eigenvalue weighted by Crippen LogP contribution is -2.48. The monoisotopic (exact) mass is 450 g/mol. The van der Waals surface area contributed by atoms with Gasteiger partial charge in [0.05, 0.1) is 12.7 Å². The summed E-state index contributed by atoms with van der Waals surface area (Å²) in [5, 5.41) is 8.93.